The first kappa shape index (κ1) is 21.4. The van der Waals surface area contributed by atoms with E-state index in [0.717, 1.165) is 32.1 Å². The third-order valence-corrected chi connectivity index (χ3v) is 5.49. The quantitative estimate of drug-likeness (QED) is 0.337. The summed E-state index contributed by atoms with van der Waals surface area (Å²) in [5, 5.41) is 6.09. The molecule has 0 spiro atoms. The van der Waals surface area contributed by atoms with Crippen molar-refractivity contribution in [3.05, 3.63) is 34.9 Å². The number of amides is 1. The number of hydrogen-bond acceptors (Lipinski definition) is 2. The lowest BCUT2D eigenvalue weighted by molar-refractivity contribution is -0.134. The number of halogens is 4. The second kappa shape index (κ2) is 9.45. The molecule has 2 aliphatic rings. The largest absolute Gasteiger partial charge is 0.357 e. The normalized spacial score (nSPS) is 20.4. The van der Waals surface area contributed by atoms with Crippen LogP contribution in [0.25, 0.3) is 0 Å². The molecule has 2 N–H and O–H groups in total. The standard InChI is InChI=1S/C20H26F4N4O/c1-2-25-20(26-10-14-17(23)15(21)9-16(22)18(14)24)27-13-7-8-28(11-13)19(29)12-5-3-4-6-12/h9,12-13H,2-8,10-11H2,1H3,(H2,25,26,27). The number of aliphatic imine (C=N–C) groups is 1. The van der Waals surface area contributed by atoms with Gasteiger partial charge in [0.15, 0.2) is 29.2 Å². The predicted octanol–water partition coefficient (Wildman–Crippen LogP) is 3.09. The molecule has 9 heteroatoms. The number of likely N-dealkylation sites (tertiary alicyclic amines) is 1. The van der Waals surface area contributed by atoms with Crippen LogP contribution < -0.4 is 10.6 Å². The topological polar surface area (TPSA) is 56.7 Å². The minimum atomic E-state index is -1.45. The fourth-order valence-electron chi connectivity index (χ4n) is 3.94. The molecule has 0 radical (unpaired) electrons. The van der Waals surface area contributed by atoms with Crippen LogP contribution in [0.5, 0.6) is 0 Å². The second-order valence-electron chi connectivity index (χ2n) is 7.54. The Balaban J connectivity index is 1.64. The van der Waals surface area contributed by atoms with Crippen molar-refractivity contribution in [3.8, 4) is 0 Å². The van der Waals surface area contributed by atoms with E-state index in [1.165, 1.54) is 0 Å². The zero-order chi connectivity index (χ0) is 21.0. The Morgan fingerprint density at radius 3 is 2.41 bits per heavy atom. The Morgan fingerprint density at radius 2 is 1.79 bits per heavy atom. The van der Waals surface area contributed by atoms with Gasteiger partial charge in [-0.2, -0.15) is 0 Å². The number of guanidine groups is 1. The van der Waals surface area contributed by atoms with Crippen LogP contribution in [0.15, 0.2) is 11.1 Å². The smallest absolute Gasteiger partial charge is 0.225 e. The average molecular weight is 414 g/mol. The summed E-state index contributed by atoms with van der Waals surface area (Å²) < 4.78 is 54.4. The summed E-state index contributed by atoms with van der Waals surface area (Å²) in [6.45, 7) is 2.93. The van der Waals surface area contributed by atoms with Crippen molar-refractivity contribution < 1.29 is 22.4 Å². The summed E-state index contributed by atoms with van der Waals surface area (Å²) in [5.74, 6) is -5.23. The molecule has 0 bridgehead atoms. The molecule has 160 valence electrons. The first-order valence-corrected chi connectivity index (χ1v) is 10.1. The molecule has 1 unspecified atom stereocenters. The lowest BCUT2D eigenvalue weighted by atomic mass is 10.1. The van der Waals surface area contributed by atoms with Crippen molar-refractivity contribution in [2.75, 3.05) is 19.6 Å². The summed E-state index contributed by atoms with van der Waals surface area (Å²) in [6.07, 6.45) is 4.80. The van der Waals surface area contributed by atoms with Gasteiger partial charge in [0.1, 0.15) is 0 Å². The Bertz CT molecular complexity index is 754. The number of benzene rings is 1. The predicted molar refractivity (Wildman–Crippen MR) is 101 cm³/mol. The summed E-state index contributed by atoms with van der Waals surface area (Å²) in [6, 6.07) is 0.118. The van der Waals surface area contributed by atoms with Gasteiger partial charge in [-0.1, -0.05) is 12.8 Å². The van der Waals surface area contributed by atoms with Crippen LogP contribution >= 0.6 is 0 Å². The monoisotopic (exact) mass is 414 g/mol. The van der Waals surface area contributed by atoms with Crippen LogP contribution in [0.1, 0.15) is 44.6 Å². The van der Waals surface area contributed by atoms with Crippen molar-refractivity contribution in [2.45, 2.75) is 51.6 Å². The van der Waals surface area contributed by atoms with Gasteiger partial charge in [-0.05, 0) is 26.2 Å². The minimum Gasteiger partial charge on any atom is -0.357 e. The maximum atomic E-state index is 13.8. The highest BCUT2D eigenvalue weighted by Crippen LogP contribution is 2.28. The Labute approximate surface area is 167 Å². The lowest BCUT2D eigenvalue weighted by Gasteiger charge is -2.21. The molecule has 1 aliphatic carbocycles. The first-order valence-electron chi connectivity index (χ1n) is 10.1. The van der Waals surface area contributed by atoms with Crippen molar-refractivity contribution in [1.82, 2.24) is 15.5 Å². The SMILES string of the molecule is CCNC(=NCc1c(F)c(F)cc(F)c1F)NC1CCN(C(=O)C2CCCC2)C1. The van der Waals surface area contributed by atoms with Gasteiger partial charge < -0.3 is 15.5 Å². The van der Waals surface area contributed by atoms with Crippen LogP contribution in [0.3, 0.4) is 0 Å². The van der Waals surface area contributed by atoms with Gasteiger partial charge in [-0.3, -0.25) is 4.79 Å². The summed E-state index contributed by atoms with van der Waals surface area (Å²) in [4.78, 5) is 18.5. The average Bonchev–Trinajstić information content (AvgIpc) is 3.38. The molecule has 1 saturated carbocycles. The molecule has 29 heavy (non-hydrogen) atoms. The summed E-state index contributed by atoms with van der Waals surface area (Å²) in [7, 11) is 0. The fourth-order valence-corrected chi connectivity index (χ4v) is 3.94. The Morgan fingerprint density at radius 1 is 1.14 bits per heavy atom. The van der Waals surface area contributed by atoms with E-state index in [9.17, 15) is 22.4 Å². The molecule has 5 nitrogen and oxygen atoms in total. The van der Waals surface area contributed by atoms with E-state index in [-0.39, 0.29) is 29.9 Å². The number of hydrogen-bond donors (Lipinski definition) is 2. The first-order chi connectivity index (χ1) is 13.9. The molecule has 1 atom stereocenters. The maximum Gasteiger partial charge on any atom is 0.225 e. The van der Waals surface area contributed by atoms with Crippen molar-refractivity contribution >= 4 is 11.9 Å². The molecule has 0 aromatic heterocycles. The molecule has 1 saturated heterocycles. The van der Waals surface area contributed by atoms with E-state index in [2.05, 4.69) is 15.6 Å². The molecule has 2 fully saturated rings. The van der Waals surface area contributed by atoms with Crippen LogP contribution in [0.2, 0.25) is 0 Å². The van der Waals surface area contributed by atoms with Gasteiger partial charge >= 0.3 is 0 Å². The molecule has 1 aliphatic heterocycles. The highest BCUT2D eigenvalue weighted by Gasteiger charge is 2.32. The fraction of sp³-hybridized carbons (Fsp3) is 0.600. The van der Waals surface area contributed by atoms with Gasteiger partial charge in [-0.15, -0.1) is 0 Å². The van der Waals surface area contributed by atoms with E-state index in [1.54, 1.807) is 0 Å². The highest BCUT2D eigenvalue weighted by atomic mass is 19.2. The number of rotatable bonds is 5. The van der Waals surface area contributed by atoms with Gasteiger partial charge in [0.25, 0.3) is 0 Å². The van der Waals surface area contributed by atoms with E-state index < -0.39 is 35.4 Å². The van der Waals surface area contributed by atoms with Gasteiger partial charge in [0.2, 0.25) is 5.91 Å². The van der Waals surface area contributed by atoms with E-state index >= 15 is 0 Å². The molecular formula is C20H26F4N4O. The number of carbonyl (C=O) groups excluding carboxylic acids is 1. The van der Waals surface area contributed by atoms with Crippen molar-refractivity contribution in [2.24, 2.45) is 10.9 Å². The zero-order valence-electron chi connectivity index (χ0n) is 16.4. The van der Waals surface area contributed by atoms with Crippen LogP contribution in [-0.4, -0.2) is 42.4 Å². The Kier molecular flexibility index (Phi) is 6.97. The molecule has 3 rings (SSSR count). The third-order valence-electron chi connectivity index (χ3n) is 5.49. The van der Waals surface area contributed by atoms with Gasteiger partial charge in [0.05, 0.1) is 12.1 Å². The number of nitrogens with zero attached hydrogens (tertiary/aromatic N) is 2. The van der Waals surface area contributed by atoms with Crippen LogP contribution in [-0.2, 0) is 11.3 Å². The molecule has 1 heterocycles. The third kappa shape index (κ3) is 5.00. The van der Waals surface area contributed by atoms with Crippen LogP contribution in [0, 0.1) is 29.2 Å². The van der Waals surface area contributed by atoms with Crippen molar-refractivity contribution in [3.63, 3.8) is 0 Å². The number of nitrogens with one attached hydrogen (secondary N) is 2. The second-order valence-corrected chi connectivity index (χ2v) is 7.54. The van der Waals surface area contributed by atoms with Gasteiger partial charge in [0, 0.05) is 37.7 Å². The summed E-state index contributed by atoms with van der Waals surface area (Å²) >= 11 is 0. The number of carbonyl (C=O) groups is 1. The van der Waals surface area contributed by atoms with E-state index in [4.69, 9.17) is 0 Å². The van der Waals surface area contributed by atoms with Crippen LogP contribution in [0.4, 0.5) is 17.6 Å². The molecule has 1 amide bonds. The Hall–Kier alpha value is -2.32. The highest BCUT2D eigenvalue weighted by molar-refractivity contribution is 5.81. The van der Waals surface area contributed by atoms with E-state index in [1.807, 2.05) is 11.8 Å². The molecule has 1 aromatic rings. The minimum absolute atomic E-state index is 0.0582. The summed E-state index contributed by atoms with van der Waals surface area (Å²) in [5.41, 5.74) is -0.760. The molecular weight excluding hydrogens is 388 g/mol. The zero-order valence-corrected chi connectivity index (χ0v) is 16.4. The van der Waals surface area contributed by atoms with Crippen molar-refractivity contribution in [1.29, 1.82) is 0 Å². The molecule has 1 aromatic carbocycles. The lowest BCUT2D eigenvalue weighted by Crippen LogP contribution is -2.45. The maximum absolute atomic E-state index is 13.8. The van der Waals surface area contributed by atoms with Gasteiger partial charge in [-0.25, -0.2) is 22.6 Å². The van der Waals surface area contributed by atoms with E-state index in [0.29, 0.717) is 19.6 Å².